The zero-order chi connectivity index (χ0) is 16.9. The molecule has 3 rings (SSSR count). The van der Waals surface area contributed by atoms with Gasteiger partial charge >= 0.3 is 0 Å². The van der Waals surface area contributed by atoms with Crippen molar-refractivity contribution >= 4 is 18.7 Å². The van der Waals surface area contributed by atoms with Crippen molar-refractivity contribution in [3.05, 3.63) is 24.0 Å². The van der Waals surface area contributed by atoms with E-state index in [9.17, 15) is 9.59 Å². The second-order valence-electron chi connectivity index (χ2n) is 6.33. The molecule has 0 saturated heterocycles. The topological polar surface area (TPSA) is 94.2 Å². The van der Waals surface area contributed by atoms with Gasteiger partial charge in [0.15, 0.2) is 12.5 Å². The van der Waals surface area contributed by atoms with Crippen LogP contribution in [0.3, 0.4) is 0 Å². The zero-order valence-electron chi connectivity index (χ0n) is 13.5. The first-order valence-corrected chi connectivity index (χ1v) is 8.39. The van der Waals surface area contributed by atoms with E-state index < -0.39 is 12.5 Å². The summed E-state index contributed by atoms with van der Waals surface area (Å²) in [6.45, 7) is 0.836. The van der Waals surface area contributed by atoms with Gasteiger partial charge in [-0.15, -0.1) is 0 Å². The first-order chi connectivity index (χ1) is 11.7. The van der Waals surface area contributed by atoms with E-state index in [0.717, 1.165) is 37.0 Å². The maximum Gasteiger partial charge on any atom is 0.295 e. The minimum Gasteiger partial charge on any atom is -0.449 e. The Morgan fingerprint density at radius 3 is 3.00 bits per heavy atom. The molecule has 3 aliphatic rings. The zero-order valence-corrected chi connectivity index (χ0v) is 13.5. The Balaban J connectivity index is 1.83. The number of allylic oxidation sites excluding steroid dienone is 2. The third kappa shape index (κ3) is 3.51. The summed E-state index contributed by atoms with van der Waals surface area (Å²) < 4.78 is 9.83. The lowest BCUT2D eigenvalue weighted by molar-refractivity contribution is -0.134. The number of nitrogens with two attached hydrogens (primary N) is 1. The molecule has 0 saturated carbocycles. The predicted octanol–water partition coefficient (Wildman–Crippen LogP) is 1.45. The summed E-state index contributed by atoms with van der Waals surface area (Å²) in [7, 11) is 0. The molecule has 0 aromatic rings. The average Bonchev–Trinajstić information content (AvgIpc) is 2.60. The Kier molecular flexibility index (Phi) is 5.30. The maximum absolute atomic E-state index is 10.6. The summed E-state index contributed by atoms with van der Waals surface area (Å²) in [5.41, 5.74) is 7.85. The van der Waals surface area contributed by atoms with Crippen molar-refractivity contribution in [3.63, 3.8) is 0 Å². The highest BCUT2D eigenvalue weighted by molar-refractivity contribution is 6.03. The molecule has 130 valence electrons. The van der Waals surface area contributed by atoms with E-state index in [1.807, 2.05) is 0 Å². The Bertz CT molecular complexity index is 572. The highest BCUT2D eigenvalue weighted by atomic mass is 16.5. The van der Waals surface area contributed by atoms with Crippen LogP contribution < -0.4 is 5.73 Å². The molecule has 0 fully saturated rings. The molecule has 0 aliphatic carbocycles. The van der Waals surface area contributed by atoms with E-state index in [-0.39, 0.29) is 0 Å². The molecule has 0 bridgehead atoms. The van der Waals surface area contributed by atoms with Crippen molar-refractivity contribution in [2.24, 2.45) is 16.6 Å². The van der Waals surface area contributed by atoms with Crippen LogP contribution in [-0.2, 0) is 19.1 Å². The van der Waals surface area contributed by atoms with Gasteiger partial charge in [-0.1, -0.05) is 6.08 Å². The van der Waals surface area contributed by atoms with Gasteiger partial charge in [-0.3, -0.25) is 15.3 Å². The molecule has 3 aliphatic heterocycles. The Morgan fingerprint density at radius 2 is 2.21 bits per heavy atom. The van der Waals surface area contributed by atoms with Crippen LogP contribution in [0.15, 0.2) is 29.0 Å². The molecule has 0 amide bonds. The smallest absolute Gasteiger partial charge is 0.295 e. The van der Waals surface area contributed by atoms with E-state index in [4.69, 9.17) is 15.2 Å². The lowest BCUT2D eigenvalue weighted by Gasteiger charge is -2.44. The number of ether oxygens (including phenoxy) is 2. The predicted molar refractivity (Wildman–Crippen MR) is 87.5 cm³/mol. The molecular formula is C17H23N3O4. The van der Waals surface area contributed by atoms with Crippen molar-refractivity contribution in [1.29, 1.82) is 0 Å². The molecular weight excluding hydrogens is 310 g/mol. The van der Waals surface area contributed by atoms with Crippen LogP contribution in [0.2, 0.25) is 0 Å². The number of hydrogen-bond donors (Lipinski definition) is 1. The second kappa shape index (κ2) is 7.61. The van der Waals surface area contributed by atoms with Gasteiger partial charge < -0.3 is 14.4 Å². The van der Waals surface area contributed by atoms with Gasteiger partial charge in [0.1, 0.15) is 0 Å². The summed E-state index contributed by atoms with van der Waals surface area (Å²) in [4.78, 5) is 28.0. The van der Waals surface area contributed by atoms with Gasteiger partial charge in [-0.2, -0.15) is 0 Å². The molecule has 24 heavy (non-hydrogen) atoms. The fourth-order valence-corrected chi connectivity index (χ4v) is 3.78. The van der Waals surface area contributed by atoms with Crippen LogP contribution >= 0.6 is 0 Å². The highest BCUT2D eigenvalue weighted by Crippen LogP contribution is 2.38. The SMILES string of the molecule is NC(CCC1=CN2C=CCCC2C2CCC(OC=O)N=C12)OC=O. The minimum absolute atomic E-state index is 0.338. The third-order valence-electron chi connectivity index (χ3n) is 4.89. The highest BCUT2D eigenvalue weighted by Gasteiger charge is 2.39. The van der Waals surface area contributed by atoms with Gasteiger partial charge in [0.2, 0.25) is 0 Å². The standard InChI is InChI=1S/C17H23N3O4/c18-15(23-10-21)6-4-12-9-20-8-2-1-3-14(20)13-5-7-16(24-11-22)19-17(12)13/h2,8-11,13-16H,1,3-7,18H2. The first kappa shape index (κ1) is 16.7. The van der Waals surface area contributed by atoms with Gasteiger partial charge in [-0.05, 0) is 37.5 Å². The summed E-state index contributed by atoms with van der Waals surface area (Å²) in [5, 5.41) is 0. The fourth-order valence-electron chi connectivity index (χ4n) is 3.78. The molecule has 4 atom stereocenters. The van der Waals surface area contributed by atoms with Crippen LogP contribution in [0.4, 0.5) is 0 Å². The number of carbonyl (C=O) groups is 2. The third-order valence-corrected chi connectivity index (χ3v) is 4.89. The molecule has 3 heterocycles. The largest absolute Gasteiger partial charge is 0.449 e. The van der Waals surface area contributed by atoms with Crippen LogP contribution in [0, 0.1) is 5.92 Å². The van der Waals surface area contributed by atoms with Crippen LogP contribution in [0.1, 0.15) is 38.5 Å². The maximum atomic E-state index is 10.6. The fraction of sp³-hybridized carbons (Fsp3) is 0.588. The molecule has 0 radical (unpaired) electrons. The Morgan fingerprint density at radius 1 is 1.33 bits per heavy atom. The van der Waals surface area contributed by atoms with Crippen LogP contribution in [0.5, 0.6) is 0 Å². The van der Waals surface area contributed by atoms with Crippen molar-refractivity contribution in [1.82, 2.24) is 4.90 Å². The number of hydrogen-bond acceptors (Lipinski definition) is 7. The van der Waals surface area contributed by atoms with E-state index in [0.29, 0.717) is 37.7 Å². The van der Waals surface area contributed by atoms with Crippen LogP contribution in [0.25, 0.3) is 0 Å². The van der Waals surface area contributed by atoms with Gasteiger partial charge in [0.05, 0.1) is 0 Å². The van der Waals surface area contributed by atoms with Gasteiger partial charge in [-0.25, -0.2) is 4.99 Å². The lowest BCUT2D eigenvalue weighted by atomic mass is 9.77. The van der Waals surface area contributed by atoms with Crippen molar-refractivity contribution in [2.75, 3.05) is 0 Å². The molecule has 0 aromatic heterocycles. The van der Waals surface area contributed by atoms with Crippen molar-refractivity contribution < 1.29 is 19.1 Å². The van der Waals surface area contributed by atoms with E-state index in [2.05, 4.69) is 28.4 Å². The molecule has 0 aromatic carbocycles. The summed E-state index contributed by atoms with van der Waals surface area (Å²) >= 11 is 0. The van der Waals surface area contributed by atoms with E-state index in [1.54, 1.807) is 0 Å². The Hall–Kier alpha value is -2.15. The molecule has 0 spiro atoms. The number of rotatable bonds is 7. The quantitative estimate of drug-likeness (QED) is 0.560. The molecule has 2 N–H and O–H groups in total. The number of aliphatic imine (C=N–C) groups is 1. The molecule has 7 heteroatoms. The molecule has 4 unspecified atom stereocenters. The number of fused-ring (bicyclic) bond motifs is 3. The summed E-state index contributed by atoms with van der Waals surface area (Å²) in [5.74, 6) is 0.338. The van der Waals surface area contributed by atoms with E-state index in [1.165, 1.54) is 0 Å². The van der Waals surface area contributed by atoms with Crippen molar-refractivity contribution in [2.45, 2.75) is 57.0 Å². The van der Waals surface area contributed by atoms with Gasteiger partial charge in [0, 0.05) is 36.7 Å². The van der Waals surface area contributed by atoms with Crippen LogP contribution in [-0.4, -0.2) is 42.1 Å². The minimum atomic E-state index is -0.623. The lowest BCUT2D eigenvalue weighted by Crippen LogP contribution is -2.46. The monoisotopic (exact) mass is 333 g/mol. The van der Waals surface area contributed by atoms with Gasteiger partial charge in [0.25, 0.3) is 12.9 Å². The first-order valence-electron chi connectivity index (χ1n) is 8.39. The second-order valence-corrected chi connectivity index (χ2v) is 6.33. The molecule has 7 nitrogen and oxygen atoms in total. The van der Waals surface area contributed by atoms with E-state index >= 15 is 0 Å². The summed E-state index contributed by atoms with van der Waals surface area (Å²) in [6, 6.07) is 0.412. The average molecular weight is 333 g/mol. The Labute approximate surface area is 141 Å². The number of carbonyl (C=O) groups excluding carboxylic acids is 2. The normalized spacial score (nSPS) is 29.5. The number of nitrogens with zero attached hydrogens (tertiary/aromatic N) is 2. The summed E-state index contributed by atoms with van der Waals surface area (Å²) in [6.07, 6.45) is 10.4. The van der Waals surface area contributed by atoms with Crippen molar-refractivity contribution in [3.8, 4) is 0 Å².